The van der Waals surface area contributed by atoms with E-state index in [1.165, 1.54) is 0 Å². The zero-order valence-electron chi connectivity index (χ0n) is 14.0. The van der Waals surface area contributed by atoms with Gasteiger partial charge in [-0.25, -0.2) is 13.1 Å². The lowest BCUT2D eigenvalue weighted by molar-refractivity contribution is 0.580. The second-order valence-corrected chi connectivity index (χ2v) is 8.01. The molecule has 0 bridgehead atoms. The van der Waals surface area contributed by atoms with E-state index in [4.69, 9.17) is 0 Å². The molecule has 5 nitrogen and oxygen atoms in total. The van der Waals surface area contributed by atoms with E-state index in [1.54, 1.807) is 13.0 Å². The van der Waals surface area contributed by atoms with Crippen molar-refractivity contribution in [3.63, 3.8) is 0 Å². The van der Waals surface area contributed by atoms with Gasteiger partial charge >= 0.3 is 0 Å². The van der Waals surface area contributed by atoms with Gasteiger partial charge in [-0.05, 0) is 48.1 Å². The van der Waals surface area contributed by atoms with Gasteiger partial charge < -0.3 is 4.98 Å². The zero-order valence-corrected chi connectivity index (χ0v) is 14.8. The highest BCUT2D eigenvalue weighted by molar-refractivity contribution is 7.89. The van der Waals surface area contributed by atoms with Crippen molar-refractivity contribution >= 4 is 20.9 Å². The number of aromatic amines is 1. The van der Waals surface area contributed by atoms with Crippen LogP contribution in [0.15, 0.2) is 59.4 Å². The molecule has 2 aromatic carbocycles. The van der Waals surface area contributed by atoms with Crippen molar-refractivity contribution in [2.45, 2.75) is 19.9 Å². The van der Waals surface area contributed by atoms with Crippen molar-refractivity contribution in [3.05, 3.63) is 81.6 Å². The SMILES string of the molecule is Cc1cc2cc(CNS(=O)(=O)CCc3ccccc3)ccc2[nH]c1=O. The van der Waals surface area contributed by atoms with Crippen LogP contribution in [0.3, 0.4) is 0 Å². The Bertz CT molecular complexity index is 1040. The summed E-state index contributed by atoms with van der Waals surface area (Å²) in [6.45, 7) is 1.97. The fraction of sp³-hybridized carbons (Fsp3) is 0.211. The molecule has 3 aromatic rings. The maximum absolute atomic E-state index is 12.2. The number of H-pyrrole nitrogens is 1. The summed E-state index contributed by atoms with van der Waals surface area (Å²) in [4.78, 5) is 14.4. The molecule has 0 unspecified atom stereocenters. The molecule has 0 atom stereocenters. The standard InChI is InChI=1S/C19H20N2O3S/c1-14-11-17-12-16(7-8-18(17)21-19(14)22)13-20-25(23,24)10-9-15-5-3-2-4-6-15/h2-8,11-12,20H,9-10,13H2,1H3,(H,21,22). The number of aryl methyl sites for hydroxylation is 2. The quantitative estimate of drug-likeness (QED) is 0.712. The van der Waals surface area contributed by atoms with Gasteiger partial charge in [0, 0.05) is 17.6 Å². The van der Waals surface area contributed by atoms with Gasteiger partial charge in [-0.1, -0.05) is 36.4 Å². The number of rotatable bonds is 6. The van der Waals surface area contributed by atoms with E-state index in [0.29, 0.717) is 12.0 Å². The number of hydrogen-bond acceptors (Lipinski definition) is 3. The minimum Gasteiger partial charge on any atom is -0.322 e. The first kappa shape index (κ1) is 17.4. The third-order valence-electron chi connectivity index (χ3n) is 4.09. The second-order valence-electron chi connectivity index (χ2n) is 6.08. The van der Waals surface area contributed by atoms with Crippen molar-refractivity contribution < 1.29 is 8.42 Å². The molecule has 2 N–H and O–H groups in total. The molecule has 0 amide bonds. The topological polar surface area (TPSA) is 79.0 Å². The monoisotopic (exact) mass is 356 g/mol. The molecule has 1 heterocycles. The van der Waals surface area contributed by atoms with E-state index < -0.39 is 10.0 Å². The number of pyridine rings is 1. The minimum atomic E-state index is -3.35. The lowest BCUT2D eigenvalue weighted by Crippen LogP contribution is -2.26. The summed E-state index contributed by atoms with van der Waals surface area (Å²) in [5, 5.41) is 0.887. The fourth-order valence-electron chi connectivity index (χ4n) is 2.64. The maximum Gasteiger partial charge on any atom is 0.251 e. The molecule has 130 valence electrons. The van der Waals surface area contributed by atoms with E-state index in [9.17, 15) is 13.2 Å². The molecule has 0 fully saturated rings. The maximum atomic E-state index is 12.2. The zero-order chi connectivity index (χ0) is 17.9. The van der Waals surface area contributed by atoms with Crippen molar-refractivity contribution in [1.29, 1.82) is 0 Å². The van der Waals surface area contributed by atoms with E-state index >= 15 is 0 Å². The second kappa shape index (κ2) is 7.21. The average molecular weight is 356 g/mol. The van der Waals surface area contributed by atoms with Crippen LogP contribution in [0, 0.1) is 6.92 Å². The molecule has 0 spiro atoms. The van der Waals surface area contributed by atoms with Gasteiger partial charge in [-0.3, -0.25) is 4.79 Å². The summed E-state index contributed by atoms with van der Waals surface area (Å²) in [5.74, 6) is 0.0526. The number of sulfonamides is 1. The van der Waals surface area contributed by atoms with Gasteiger partial charge in [0.25, 0.3) is 5.56 Å². The van der Waals surface area contributed by atoms with Gasteiger partial charge in [0.05, 0.1) is 5.75 Å². The summed E-state index contributed by atoms with van der Waals surface area (Å²) in [6, 6.07) is 16.8. The number of hydrogen-bond donors (Lipinski definition) is 2. The van der Waals surface area contributed by atoms with Crippen LogP contribution in [0.25, 0.3) is 10.9 Å². The minimum absolute atomic E-state index is 0.0526. The van der Waals surface area contributed by atoms with Gasteiger partial charge in [0.1, 0.15) is 0 Å². The highest BCUT2D eigenvalue weighted by Gasteiger charge is 2.10. The molecule has 6 heteroatoms. The Morgan fingerprint density at radius 2 is 1.76 bits per heavy atom. The third-order valence-corrected chi connectivity index (χ3v) is 5.42. The Labute approximate surface area is 146 Å². The molecule has 0 aliphatic heterocycles. The van der Waals surface area contributed by atoms with Crippen LogP contribution in [0.1, 0.15) is 16.7 Å². The Balaban J connectivity index is 1.67. The highest BCUT2D eigenvalue weighted by Crippen LogP contribution is 2.14. The van der Waals surface area contributed by atoms with Crippen LogP contribution in [0.5, 0.6) is 0 Å². The third kappa shape index (κ3) is 4.55. The Morgan fingerprint density at radius 3 is 2.52 bits per heavy atom. The predicted molar refractivity (Wildman–Crippen MR) is 100 cm³/mol. The van der Waals surface area contributed by atoms with Gasteiger partial charge in [0.15, 0.2) is 0 Å². The van der Waals surface area contributed by atoms with Crippen molar-refractivity contribution in [2.24, 2.45) is 0 Å². The molecular weight excluding hydrogens is 336 g/mol. The number of nitrogens with one attached hydrogen (secondary N) is 2. The smallest absolute Gasteiger partial charge is 0.251 e. The molecule has 0 saturated heterocycles. The summed E-state index contributed by atoms with van der Waals surface area (Å²) in [6.07, 6.45) is 0.480. The van der Waals surface area contributed by atoms with Crippen LogP contribution < -0.4 is 10.3 Å². The predicted octanol–water partition coefficient (Wildman–Crippen LogP) is 2.50. The first-order chi connectivity index (χ1) is 11.9. The molecule has 0 aliphatic carbocycles. The number of fused-ring (bicyclic) bond motifs is 1. The summed E-state index contributed by atoms with van der Waals surface area (Å²) < 4.78 is 27.0. The van der Waals surface area contributed by atoms with E-state index in [2.05, 4.69) is 9.71 Å². The lowest BCUT2D eigenvalue weighted by Gasteiger charge is -2.08. The molecule has 0 radical (unpaired) electrons. The van der Waals surface area contributed by atoms with Gasteiger partial charge in [-0.15, -0.1) is 0 Å². The summed E-state index contributed by atoms with van der Waals surface area (Å²) >= 11 is 0. The van der Waals surface area contributed by atoms with Crippen LogP contribution in [0.4, 0.5) is 0 Å². The molecule has 3 rings (SSSR count). The number of aromatic nitrogens is 1. The van der Waals surface area contributed by atoms with Crippen LogP contribution in [0.2, 0.25) is 0 Å². The molecule has 1 aromatic heterocycles. The average Bonchev–Trinajstić information content (AvgIpc) is 2.60. The van der Waals surface area contributed by atoms with Gasteiger partial charge in [0.2, 0.25) is 10.0 Å². The van der Waals surface area contributed by atoms with Crippen molar-refractivity contribution in [2.75, 3.05) is 5.75 Å². The first-order valence-electron chi connectivity index (χ1n) is 8.07. The summed E-state index contributed by atoms with van der Waals surface area (Å²) in [5.41, 5.74) is 3.11. The Morgan fingerprint density at radius 1 is 1.00 bits per heavy atom. The molecule has 0 saturated carbocycles. The number of benzene rings is 2. The van der Waals surface area contributed by atoms with E-state index in [-0.39, 0.29) is 17.9 Å². The van der Waals surface area contributed by atoms with Gasteiger partial charge in [-0.2, -0.15) is 0 Å². The van der Waals surface area contributed by atoms with Crippen molar-refractivity contribution in [3.8, 4) is 0 Å². The van der Waals surface area contributed by atoms with Crippen LogP contribution in [-0.4, -0.2) is 19.2 Å². The molecular formula is C19H20N2O3S. The Hall–Kier alpha value is -2.44. The van der Waals surface area contributed by atoms with Crippen molar-refractivity contribution in [1.82, 2.24) is 9.71 Å². The first-order valence-corrected chi connectivity index (χ1v) is 9.72. The Kier molecular flexibility index (Phi) is 5.01. The van der Waals surface area contributed by atoms with Crippen LogP contribution in [-0.2, 0) is 23.0 Å². The largest absolute Gasteiger partial charge is 0.322 e. The molecule has 25 heavy (non-hydrogen) atoms. The lowest BCUT2D eigenvalue weighted by atomic mass is 10.1. The molecule has 0 aliphatic rings. The highest BCUT2D eigenvalue weighted by atomic mass is 32.2. The normalized spacial score (nSPS) is 11.7. The fourth-order valence-corrected chi connectivity index (χ4v) is 3.67. The summed E-state index contributed by atoms with van der Waals surface area (Å²) in [7, 11) is -3.35. The van der Waals surface area contributed by atoms with E-state index in [0.717, 1.165) is 22.0 Å². The van der Waals surface area contributed by atoms with Crippen LogP contribution >= 0.6 is 0 Å². The van der Waals surface area contributed by atoms with E-state index in [1.807, 2.05) is 48.5 Å².